The highest BCUT2D eigenvalue weighted by atomic mass is 32.2. The molecule has 2 N–H and O–H groups in total. The molecule has 0 fully saturated rings. The van der Waals surface area contributed by atoms with E-state index in [1.807, 2.05) is 43.1 Å². The van der Waals surface area contributed by atoms with Crippen LogP contribution in [0.25, 0.3) is 0 Å². The molecular formula is C13H20N2OS. The molecule has 0 unspecified atom stereocenters. The van der Waals surface area contributed by atoms with Gasteiger partial charge in [-0.2, -0.15) is 11.8 Å². The largest absolute Gasteiger partial charge is 0.399 e. The van der Waals surface area contributed by atoms with Gasteiger partial charge in [0.1, 0.15) is 0 Å². The molecule has 94 valence electrons. The smallest absolute Gasteiger partial charge is 0.226 e. The molecule has 0 heterocycles. The van der Waals surface area contributed by atoms with Gasteiger partial charge < -0.3 is 10.6 Å². The van der Waals surface area contributed by atoms with Crippen molar-refractivity contribution >= 4 is 23.4 Å². The lowest BCUT2D eigenvalue weighted by molar-refractivity contribution is -0.129. The first kappa shape index (κ1) is 13.9. The van der Waals surface area contributed by atoms with E-state index in [0.717, 1.165) is 30.0 Å². The van der Waals surface area contributed by atoms with Crippen LogP contribution in [0.5, 0.6) is 0 Å². The molecule has 0 bridgehead atoms. The third-order valence-corrected chi connectivity index (χ3v) is 3.30. The molecule has 4 heteroatoms. The number of anilines is 1. The second kappa shape index (κ2) is 7.22. The maximum atomic E-state index is 11.9. The van der Waals surface area contributed by atoms with Crippen LogP contribution in [0.15, 0.2) is 24.3 Å². The molecule has 1 aromatic rings. The Morgan fingerprint density at radius 1 is 1.35 bits per heavy atom. The summed E-state index contributed by atoms with van der Waals surface area (Å²) in [7, 11) is 1.86. The first-order valence-corrected chi connectivity index (χ1v) is 7.10. The first-order chi connectivity index (χ1) is 8.13. The second-order valence-corrected chi connectivity index (χ2v) is 5.07. The van der Waals surface area contributed by atoms with Crippen molar-refractivity contribution in [3.63, 3.8) is 0 Å². The predicted octanol–water partition coefficient (Wildman–Crippen LogP) is 2.02. The third-order valence-electron chi connectivity index (χ3n) is 2.60. The highest BCUT2D eigenvalue weighted by Gasteiger charge is 2.08. The molecular weight excluding hydrogens is 232 g/mol. The van der Waals surface area contributed by atoms with Crippen LogP contribution in [-0.4, -0.2) is 36.4 Å². The molecule has 1 aromatic carbocycles. The summed E-state index contributed by atoms with van der Waals surface area (Å²) in [6.07, 6.45) is 3.58. The minimum atomic E-state index is 0.163. The van der Waals surface area contributed by atoms with Crippen LogP contribution in [0.4, 0.5) is 5.69 Å². The van der Waals surface area contributed by atoms with Gasteiger partial charge in [0.2, 0.25) is 5.91 Å². The van der Waals surface area contributed by atoms with Crippen LogP contribution >= 0.6 is 11.8 Å². The molecule has 1 amide bonds. The fourth-order valence-corrected chi connectivity index (χ4v) is 1.93. The van der Waals surface area contributed by atoms with Crippen molar-refractivity contribution in [1.82, 2.24) is 4.90 Å². The number of rotatable bonds is 6. The summed E-state index contributed by atoms with van der Waals surface area (Å²) >= 11 is 1.81. The Morgan fingerprint density at radius 3 is 2.59 bits per heavy atom. The molecule has 0 aliphatic rings. The molecule has 0 aliphatic carbocycles. The Labute approximate surface area is 107 Å². The van der Waals surface area contributed by atoms with Gasteiger partial charge in [0.25, 0.3) is 0 Å². The van der Waals surface area contributed by atoms with E-state index in [2.05, 4.69) is 6.26 Å². The fourth-order valence-electron chi connectivity index (χ4n) is 1.52. The Bertz CT molecular complexity index is 351. The van der Waals surface area contributed by atoms with Gasteiger partial charge in [-0.3, -0.25) is 4.79 Å². The average Bonchev–Trinajstić information content (AvgIpc) is 2.32. The summed E-state index contributed by atoms with van der Waals surface area (Å²) in [5, 5.41) is 0. The number of amides is 1. The minimum absolute atomic E-state index is 0.163. The monoisotopic (exact) mass is 252 g/mol. The number of benzene rings is 1. The number of carbonyl (C=O) groups excluding carboxylic acids is 1. The molecule has 0 spiro atoms. The van der Waals surface area contributed by atoms with Crippen LogP contribution in [0, 0.1) is 0 Å². The van der Waals surface area contributed by atoms with Crippen molar-refractivity contribution in [3.05, 3.63) is 29.8 Å². The molecule has 0 atom stereocenters. The Hall–Kier alpha value is -1.16. The minimum Gasteiger partial charge on any atom is -0.399 e. The summed E-state index contributed by atoms with van der Waals surface area (Å²) in [5.41, 5.74) is 7.35. The van der Waals surface area contributed by atoms with E-state index in [-0.39, 0.29) is 5.91 Å². The van der Waals surface area contributed by atoms with Gasteiger partial charge in [0.15, 0.2) is 0 Å². The van der Waals surface area contributed by atoms with Crippen LogP contribution in [-0.2, 0) is 11.2 Å². The molecule has 0 saturated heterocycles. The van der Waals surface area contributed by atoms with Crippen molar-refractivity contribution in [2.24, 2.45) is 0 Å². The first-order valence-electron chi connectivity index (χ1n) is 5.71. The number of carbonyl (C=O) groups is 1. The highest BCUT2D eigenvalue weighted by Crippen LogP contribution is 2.07. The summed E-state index contributed by atoms with van der Waals surface area (Å²) in [6.45, 7) is 0.828. The standard InChI is InChI=1S/C13H20N2OS/c1-15(8-3-9-17-2)13(16)10-11-4-6-12(14)7-5-11/h4-7H,3,8-10,14H2,1-2H3. The average molecular weight is 252 g/mol. The molecule has 0 aromatic heterocycles. The zero-order valence-corrected chi connectivity index (χ0v) is 11.3. The van der Waals surface area contributed by atoms with E-state index in [0.29, 0.717) is 6.42 Å². The number of hydrogen-bond donors (Lipinski definition) is 1. The summed E-state index contributed by atoms with van der Waals surface area (Å²) in [6, 6.07) is 7.47. The van der Waals surface area contributed by atoms with Crippen LogP contribution in [0.3, 0.4) is 0 Å². The van der Waals surface area contributed by atoms with Crippen LogP contribution in [0.1, 0.15) is 12.0 Å². The predicted molar refractivity (Wildman–Crippen MR) is 75.2 cm³/mol. The maximum Gasteiger partial charge on any atom is 0.226 e. The molecule has 17 heavy (non-hydrogen) atoms. The maximum absolute atomic E-state index is 11.9. The van der Waals surface area contributed by atoms with Crippen molar-refractivity contribution in [2.75, 3.05) is 31.3 Å². The molecule has 0 aliphatic heterocycles. The van der Waals surface area contributed by atoms with Crippen LogP contribution in [0.2, 0.25) is 0 Å². The van der Waals surface area contributed by atoms with Crippen molar-refractivity contribution in [3.8, 4) is 0 Å². The van der Waals surface area contributed by atoms with E-state index in [1.165, 1.54) is 0 Å². The van der Waals surface area contributed by atoms with Crippen molar-refractivity contribution in [2.45, 2.75) is 12.8 Å². The Balaban J connectivity index is 2.40. The van der Waals surface area contributed by atoms with Gasteiger partial charge in [0, 0.05) is 19.3 Å². The number of thioether (sulfide) groups is 1. The lowest BCUT2D eigenvalue weighted by atomic mass is 10.1. The van der Waals surface area contributed by atoms with Gasteiger partial charge in [-0.25, -0.2) is 0 Å². The number of nitrogens with two attached hydrogens (primary N) is 1. The van der Waals surface area contributed by atoms with Gasteiger partial charge in [0.05, 0.1) is 6.42 Å². The summed E-state index contributed by atoms with van der Waals surface area (Å²) < 4.78 is 0. The lowest BCUT2D eigenvalue weighted by Crippen LogP contribution is -2.29. The number of nitrogen functional groups attached to an aromatic ring is 1. The number of likely N-dealkylation sites (N-methyl/N-ethyl adjacent to an activating group) is 1. The quantitative estimate of drug-likeness (QED) is 0.622. The third kappa shape index (κ3) is 5.13. The molecule has 1 rings (SSSR count). The van der Waals surface area contributed by atoms with Crippen LogP contribution < -0.4 is 5.73 Å². The molecule has 0 saturated carbocycles. The van der Waals surface area contributed by atoms with E-state index in [1.54, 1.807) is 4.90 Å². The Morgan fingerprint density at radius 2 is 2.00 bits per heavy atom. The topological polar surface area (TPSA) is 46.3 Å². The van der Waals surface area contributed by atoms with Gasteiger partial charge in [-0.05, 0) is 36.1 Å². The summed E-state index contributed by atoms with van der Waals surface area (Å²) in [5.74, 6) is 1.26. The van der Waals surface area contributed by atoms with E-state index in [9.17, 15) is 4.79 Å². The molecule has 0 radical (unpaired) electrons. The van der Waals surface area contributed by atoms with E-state index < -0.39 is 0 Å². The van der Waals surface area contributed by atoms with Crippen molar-refractivity contribution in [1.29, 1.82) is 0 Å². The second-order valence-electron chi connectivity index (χ2n) is 4.08. The number of nitrogens with zero attached hydrogens (tertiary/aromatic N) is 1. The van der Waals surface area contributed by atoms with Crippen molar-refractivity contribution < 1.29 is 4.79 Å². The number of hydrogen-bond acceptors (Lipinski definition) is 3. The SMILES string of the molecule is CSCCCN(C)C(=O)Cc1ccc(N)cc1. The zero-order chi connectivity index (χ0) is 12.7. The van der Waals surface area contributed by atoms with Gasteiger partial charge >= 0.3 is 0 Å². The molecule has 3 nitrogen and oxygen atoms in total. The van der Waals surface area contributed by atoms with E-state index in [4.69, 9.17) is 5.73 Å². The Kier molecular flexibility index (Phi) is 5.91. The van der Waals surface area contributed by atoms with Gasteiger partial charge in [-0.15, -0.1) is 0 Å². The van der Waals surface area contributed by atoms with E-state index >= 15 is 0 Å². The normalized spacial score (nSPS) is 10.2. The highest BCUT2D eigenvalue weighted by molar-refractivity contribution is 7.98. The zero-order valence-electron chi connectivity index (χ0n) is 10.5. The summed E-state index contributed by atoms with van der Waals surface area (Å²) in [4.78, 5) is 13.7. The lowest BCUT2D eigenvalue weighted by Gasteiger charge is -2.16. The fraction of sp³-hybridized carbons (Fsp3) is 0.462. The van der Waals surface area contributed by atoms with Gasteiger partial charge in [-0.1, -0.05) is 12.1 Å².